The Morgan fingerprint density at radius 3 is 2.18 bits per heavy atom. The van der Waals surface area contributed by atoms with Crippen LogP contribution in [0.2, 0.25) is 0 Å². The second-order valence-corrected chi connectivity index (χ2v) is 9.86. The smallest absolute Gasteiger partial charge is 0.343 e. The van der Waals surface area contributed by atoms with Crippen LogP contribution in [0.4, 0.5) is 18.9 Å². The van der Waals surface area contributed by atoms with Crippen LogP contribution in [0.1, 0.15) is 24.8 Å². The van der Waals surface area contributed by atoms with Gasteiger partial charge in [0.15, 0.2) is 0 Å². The minimum absolute atomic E-state index is 0.0543. The Bertz CT molecular complexity index is 1080. The van der Waals surface area contributed by atoms with Crippen molar-refractivity contribution >= 4 is 27.5 Å². The van der Waals surface area contributed by atoms with Crippen molar-refractivity contribution in [3.8, 4) is 0 Å². The highest BCUT2D eigenvalue weighted by molar-refractivity contribution is 7.89. The van der Waals surface area contributed by atoms with Gasteiger partial charge in [-0.05, 0) is 49.1 Å². The first-order valence-electron chi connectivity index (χ1n) is 10.8. The van der Waals surface area contributed by atoms with E-state index in [1.54, 1.807) is 4.90 Å². The van der Waals surface area contributed by atoms with E-state index in [1.807, 2.05) is 30.3 Å². The predicted molar refractivity (Wildman–Crippen MR) is 120 cm³/mol. The van der Waals surface area contributed by atoms with Gasteiger partial charge < -0.3 is 10.2 Å². The van der Waals surface area contributed by atoms with Crippen molar-refractivity contribution in [2.75, 3.05) is 25.0 Å². The monoisotopic (exact) mass is 497 g/mol. The fourth-order valence-electron chi connectivity index (χ4n) is 3.67. The zero-order valence-electron chi connectivity index (χ0n) is 18.3. The van der Waals surface area contributed by atoms with Crippen LogP contribution in [-0.2, 0) is 26.0 Å². The SMILES string of the molecule is O=C(Nc1ccc(S(=O)(=O)NCC(F)(F)F)cc1)C1CCN(C(=O)CCc2ccccc2)CC1. The summed E-state index contributed by atoms with van der Waals surface area (Å²) in [5.74, 6) is -0.490. The van der Waals surface area contributed by atoms with Crippen molar-refractivity contribution < 1.29 is 31.2 Å². The number of nitrogens with zero attached hydrogens (tertiary/aromatic N) is 1. The van der Waals surface area contributed by atoms with Gasteiger partial charge in [-0.1, -0.05) is 30.3 Å². The lowest BCUT2D eigenvalue weighted by Crippen LogP contribution is -2.41. The average molecular weight is 498 g/mol. The van der Waals surface area contributed by atoms with Crippen LogP contribution in [0.25, 0.3) is 0 Å². The van der Waals surface area contributed by atoms with Crippen LogP contribution < -0.4 is 10.0 Å². The maximum Gasteiger partial charge on any atom is 0.402 e. The third-order valence-electron chi connectivity index (χ3n) is 5.58. The van der Waals surface area contributed by atoms with E-state index < -0.39 is 22.7 Å². The Labute approximate surface area is 196 Å². The molecule has 0 spiro atoms. The van der Waals surface area contributed by atoms with Gasteiger partial charge in [0.1, 0.15) is 6.54 Å². The highest BCUT2D eigenvalue weighted by Crippen LogP contribution is 2.22. The molecule has 1 heterocycles. The topological polar surface area (TPSA) is 95.6 Å². The van der Waals surface area contributed by atoms with Crippen molar-refractivity contribution in [3.05, 3.63) is 60.2 Å². The van der Waals surface area contributed by atoms with Gasteiger partial charge in [-0.25, -0.2) is 13.1 Å². The molecule has 1 saturated heterocycles. The molecule has 0 saturated carbocycles. The average Bonchev–Trinajstić information content (AvgIpc) is 2.82. The van der Waals surface area contributed by atoms with Crippen LogP contribution in [0.15, 0.2) is 59.5 Å². The molecule has 1 fully saturated rings. The number of rotatable bonds is 8. The third-order valence-corrected chi connectivity index (χ3v) is 7.00. The van der Waals surface area contributed by atoms with E-state index in [-0.39, 0.29) is 22.6 Å². The van der Waals surface area contributed by atoms with Gasteiger partial charge in [0.2, 0.25) is 21.8 Å². The second kappa shape index (κ2) is 11.0. The van der Waals surface area contributed by atoms with Crippen molar-refractivity contribution in [1.82, 2.24) is 9.62 Å². The summed E-state index contributed by atoms with van der Waals surface area (Å²) in [6.45, 7) is -0.706. The van der Waals surface area contributed by atoms with Crippen LogP contribution >= 0.6 is 0 Å². The maximum atomic E-state index is 12.6. The number of hydrogen-bond donors (Lipinski definition) is 2. The number of benzene rings is 2. The Kier molecular flexibility index (Phi) is 8.32. The number of halogens is 3. The summed E-state index contributed by atoms with van der Waals surface area (Å²) in [7, 11) is -4.32. The standard InChI is InChI=1S/C23H26F3N3O4S/c24-23(25,26)16-27-34(32,33)20-9-7-19(8-10-20)28-22(31)18-12-14-29(15-13-18)21(30)11-6-17-4-2-1-3-5-17/h1-5,7-10,18,27H,6,11-16H2,(H,28,31). The predicted octanol–water partition coefficient (Wildman–Crippen LogP) is 3.34. The van der Waals surface area contributed by atoms with Gasteiger partial charge in [0.05, 0.1) is 4.90 Å². The molecule has 184 valence electrons. The number of carbonyl (C=O) groups excluding carboxylic acids is 2. The van der Waals surface area contributed by atoms with Crippen molar-refractivity contribution in [3.63, 3.8) is 0 Å². The van der Waals surface area contributed by atoms with Gasteiger partial charge in [0.25, 0.3) is 0 Å². The number of aryl methyl sites for hydroxylation is 1. The molecule has 0 unspecified atom stereocenters. The number of anilines is 1. The number of hydrogen-bond acceptors (Lipinski definition) is 4. The molecule has 2 N–H and O–H groups in total. The summed E-state index contributed by atoms with van der Waals surface area (Å²) in [5.41, 5.74) is 1.43. The highest BCUT2D eigenvalue weighted by Gasteiger charge is 2.30. The first kappa shape index (κ1) is 25.7. The van der Waals surface area contributed by atoms with E-state index in [9.17, 15) is 31.2 Å². The molecule has 1 aliphatic rings. The highest BCUT2D eigenvalue weighted by atomic mass is 32.2. The van der Waals surface area contributed by atoms with E-state index in [1.165, 1.54) is 16.9 Å². The summed E-state index contributed by atoms with van der Waals surface area (Å²) in [6.07, 6.45) is -2.57. The molecule has 1 aliphatic heterocycles. The van der Waals surface area contributed by atoms with E-state index in [0.717, 1.165) is 17.7 Å². The lowest BCUT2D eigenvalue weighted by atomic mass is 9.95. The first-order valence-corrected chi connectivity index (χ1v) is 12.3. The molecular weight excluding hydrogens is 471 g/mol. The normalized spacial score (nSPS) is 15.2. The molecule has 2 aromatic carbocycles. The third kappa shape index (κ3) is 7.56. The summed E-state index contributed by atoms with van der Waals surface area (Å²) in [5, 5.41) is 2.70. The zero-order valence-corrected chi connectivity index (χ0v) is 19.2. The van der Waals surface area contributed by atoms with Crippen molar-refractivity contribution in [2.45, 2.75) is 36.8 Å². The van der Waals surface area contributed by atoms with E-state index in [2.05, 4.69) is 5.32 Å². The van der Waals surface area contributed by atoms with Crippen molar-refractivity contribution in [2.24, 2.45) is 5.92 Å². The number of alkyl halides is 3. The number of piperidine rings is 1. The molecule has 34 heavy (non-hydrogen) atoms. The fraction of sp³-hybridized carbons (Fsp3) is 0.391. The van der Waals surface area contributed by atoms with Gasteiger partial charge in [-0.2, -0.15) is 13.2 Å². The molecule has 11 heteroatoms. The minimum atomic E-state index is -4.66. The van der Waals surface area contributed by atoms with Gasteiger partial charge in [-0.3, -0.25) is 9.59 Å². The molecule has 3 rings (SSSR count). The summed E-state index contributed by atoms with van der Waals surface area (Å²) >= 11 is 0. The Morgan fingerprint density at radius 2 is 1.59 bits per heavy atom. The lowest BCUT2D eigenvalue weighted by Gasteiger charge is -2.31. The summed E-state index contributed by atoms with van der Waals surface area (Å²) in [4.78, 5) is 26.5. The van der Waals surface area contributed by atoms with Crippen molar-refractivity contribution in [1.29, 1.82) is 0 Å². The lowest BCUT2D eigenvalue weighted by molar-refractivity contribution is -0.134. The molecule has 0 bridgehead atoms. The van der Waals surface area contributed by atoms with Gasteiger partial charge >= 0.3 is 6.18 Å². The number of carbonyl (C=O) groups is 2. The Morgan fingerprint density at radius 1 is 0.971 bits per heavy atom. The quantitative estimate of drug-likeness (QED) is 0.585. The van der Waals surface area contributed by atoms with Crippen LogP contribution in [-0.4, -0.2) is 50.9 Å². The number of sulfonamides is 1. The zero-order chi connectivity index (χ0) is 24.8. The molecule has 2 amide bonds. The Balaban J connectivity index is 1.46. The fourth-order valence-corrected chi connectivity index (χ4v) is 4.68. The number of amides is 2. The molecule has 0 aliphatic carbocycles. The molecule has 0 aromatic heterocycles. The molecule has 0 atom stereocenters. The number of nitrogens with one attached hydrogen (secondary N) is 2. The van der Waals surface area contributed by atoms with E-state index >= 15 is 0 Å². The summed E-state index contributed by atoms with van der Waals surface area (Å²) < 4.78 is 62.2. The molecular formula is C23H26F3N3O4S. The second-order valence-electron chi connectivity index (χ2n) is 8.09. The molecule has 2 aromatic rings. The van der Waals surface area contributed by atoms with Crippen LogP contribution in [0, 0.1) is 5.92 Å². The Hall–Kier alpha value is -2.92. The first-order chi connectivity index (χ1) is 16.0. The van der Waals surface area contributed by atoms with Crippen LogP contribution in [0.3, 0.4) is 0 Å². The maximum absolute atomic E-state index is 12.6. The molecule has 0 radical (unpaired) electrons. The van der Waals surface area contributed by atoms with E-state index in [4.69, 9.17) is 0 Å². The minimum Gasteiger partial charge on any atom is -0.343 e. The largest absolute Gasteiger partial charge is 0.402 e. The van der Waals surface area contributed by atoms with Crippen LogP contribution in [0.5, 0.6) is 0 Å². The van der Waals surface area contributed by atoms with Gasteiger partial charge in [-0.15, -0.1) is 0 Å². The van der Waals surface area contributed by atoms with Gasteiger partial charge in [0, 0.05) is 31.1 Å². The number of likely N-dealkylation sites (tertiary alicyclic amines) is 1. The molecule has 7 nitrogen and oxygen atoms in total. The summed E-state index contributed by atoms with van der Waals surface area (Å²) in [6, 6.07) is 14.6. The van der Waals surface area contributed by atoms with E-state index in [0.29, 0.717) is 44.5 Å².